The van der Waals surface area contributed by atoms with Crippen LogP contribution < -0.4 is 10.6 Å². The van der Waals surface area contributed by atoms with Crippen molar-refractivity contribution in [3.8, 4) is 0 Å². The van der Waals surface area contributed by atoms with Crippen LogP contribution in [-0.4, -0.2) is 87.7 Å². The molecule has 1 heterocycles. The van der Waals surface area contributed by atoms with E-state index in [1.54, 1.807) is 19.0 Å². The van der Waals surface area contributed by atoms with E-state index in [0.29, 0.717) is 6.04 Å². The van der Waals surface area contributed by atoms with Gasteiger partial charge in [0.1, 0.15) is 6.54 Å². The molecule has 2 fully saturated rings. The van der Waals surface area contributed by atoms with E-state index in [1.807, 2.05) is 0 Å². The van der Waals surface area contributed by atoms with Crippen molar-refractivity contribution in [2.75, 3.05) is 60.0 Å². The number of guanidine groups is 1. The average Bonchev–Trinajstić information content (AvgIpc) is 2.63. The predicted octanol–water partition coefficient (Wildman–Crippen LogP) is 1.53. The number of carbonyl (C=O) groups is 1. The van der Waals surface area contributed by atoms with Crippen molar-refractivity contribution < 1.29 is 9.53 Å². The topological polar surface area (TPSA) is 69.2 Å². The van der Waals surface area contributed by atoms with Gasteiger partial charge in [0.25, 0.3) is 0 Å². The Balaban J connectivity index is 0.00000364. The summed E-state index contributed by atoms with van der Waals surface area (Å²) >= 11 is 0. The minimum atomic E-state index is 0. The highest BCUT2D eigenvalue weighted by Crippen LogP contribution is 2.23. The minimum absolute atomic E-state index is 0. The summed E-state index contributed by atoms with van der Waals surface area (Å²) in [6.07, 6.45) is 6.00. The van der Waals surface area contributed by atoms with Crippen LogP contribution in [0.4, 0.5) is 0 Å². The fraction of sp³-hybridized carbons (Fsp3) is 0.895. The van der Waals surface area contributed by atoms with Crippen LogP contribution in [0.3, 0.4) is 0 Å². The highest BCUT2D eigenvalue weighted by Gasteiger charge is 2.20. The number of likely N-dealkylation sites (N-methyl/N-ethyl adjacent to an activating group) is 1. The van der Waals surface area contributed by atoms with E-state index >= 15 is 0 Å². The maximum atomic E-state index is 11.9. The fourth-order valence-electron chi connectivity index (χ4n) is 3.53. The van der Waals surface area contributed by atoms with E-state index < -0.39 is 0 Å². The molecule has 7 nitrogen and oxygen atoms in total. The first-order valence-corrected chi connectivity index (χ1v) is 10.1. The Labute approximate surface area is 181 Å². The molecule has 1 saturated heterocycles. The standard InChI is InChI=1S/C19H37N5O2.HI/c1-16-6-4-7-17(14-16)22-19(21-15-18(25)23(2)3)20-8-5-9-24-10-12-26-13-11-24;/h16-17H,4-15H2,1-3H3,(H2,20,21,22);1H. The first kappa shape index (κ1) is 24.4. The van der Waals surface area contributed by atoms with Crippen LogP contribution in [-0.2, 0) is 9.53 Å². The lowest BCUT2D eigenvalue weighted by Crippen LogP contribution is -2.46. The quantitative estimate of drug-likeness (QED) is 0.243. The van der Waals surface area contributed by atoms with Crippen molar-refractivity contribution in [1.29, 1.82) is 0 Å². The molecule has 1 amide bonds. The van der Waals surface area contributed by atoms with Crippen LogP contribution in [0.25, 0.3) is 0 Å². The van der Waals surface area contributed by atoms with Gasteiger partial charge in [-0.05, 0) is 31.7 Å². The molecule has 0 spiro atoms. The molecule has 0 bridgehead atoms. The van der Waals surface area contributed by atoms with Gasteiger partial charge in [-0.25, -0.2) is 4.99 Å². The number of halogens is 1. The molecular formula is C19H38IN5O2. The zero-order valence-corrected chi connectivity index (χ0v) is 19.5. The third kappa shape index (κ3) is 9.94. The molecule has 1 aliphatic carbocycles. The van der Waals surface area contributed by atoms with E-state index in [0.717, 1.165) is 57.7 Å². The van der Waals surface area contributed by atoms with E-state index in [-0.39, 0.29) is 36.4 Å². The smallest absolute Gasteiger partial charge is 0.243 e. The summed E-state index contributed by atoms with van der Waals surface area (Å²) in [6, 6.07) is 0.457. The predicted molar refractivity (Wildman–Crippen MR) is 121 cm³/mol. The molecule has 2 rings (SSSR count). The molecule has 8 heteroatoms. The first-order valence-electron chi connectivity index (χ1n) is 10.1. The Hall–Kier alpha value is -0.610. The van der Waals surface area contributed by atoms with Gasteiger partial charge in [-0.1, -0.05) is 19.8 Å². The second-order valence-electron chi connectivity index (χ2n) is 7.80. The number of hydrogen-bond acceptors (Lipinski definition) is 4. The molecule has 1 saturated carbocycles. The summed E-state index contributed by atoms with van der Waals surface area (Å²) in [4.78, 5) is 20.4. The molecule has 27 heavy (non-hydrogen) atoms. The number of hydrogen-bond donors (Lipinski definition) is 2. The third-order valence-electron chi connectivity index (χ3n) is 5.20. The van der Waals surface area contributed by atoms with Crippen LogP contribution in [0.2, 0.25) is 0 Å². The normalized spacial score (nSPS) is 24.0. The second kappa shape index (κ2) is 13.5. The molecule has 0 aromatic rings. The van der Waals surface area contributed by atoms with Gasteiger partial charge in [0.05, 0.1) is 13.2 Å². The SMILES string of the molecule is CC1CCCC(NC(=NCC(=O)N(C)C)NCCCN2CCOCC2)C1.I. The lowest BCUT2D eigenvalue weighted by molar-refractivity contribution is -0.127. The molecule has 2 aliphatic rings. The van der Waals surface area contributed by atoms with E-state index in [1.165, 1.54) is 25.7 Å². The van der Waals surface area contributed by atoms with Crippen molar-refractivity contribution in [1.82, 2.24) is 20.4 Å². The molecular weight excluding hydrogens is 457 g/mol. The Kier molecular flexibility index (Phi) is 12.3. The van der Waals surface area contributed by atoms with E-state index in [4.69, 9.17) is 4.74 Å². The number of aliphatic imine (C=N–C) groups is 1. The van der Waals surface area contributed by atoms with Gasteiger partial charge in [0.2, 0.25) is 5.91 Å². The first-order chi connectivity index (χ1) is 12.5. The number of morpholine rings is 1. The minimum Gasteiger partial charge on any atom is -0.379 e. The van der Waals surface area contributed by atoms with Gasteiger partial charge < -0.3 is 20.3 Å². The Bertz CT molecular complexity index is 455. The summed E-state index contributed by atoms with van der Waals surface area (Å²) in [6.45, 7) is 8.17. The molecule has 0 aromatic heterocycles. The zero-order valence-electron chi connectivity index (χ0n) is 17.2. The van der Waals surface area contributed by atoms with Crippen molar-refractivity contribution in [3.63, 3.8) is 0 Å². The molecule has 2 unspecified atom stereocenters. The zero-order chi connectivity index (χ0) is 18.8. The van der Waals surface area contributed by atoms with Crippen molar-refractivity contribution >= 4 is 35.8 Å². The number of carbonyl (C=O) groups excluding carboxylic acids is 1. The highest BCUT2D eigenvalue weighted by atomic mass is 127. The third-order valence-corrected chi connectivity index (χ3v) is 5.20. The average molecular weight is 495 g/mol. The van der Waals surface area contributed by atoms with Gasteiger partial charge in [0, 0.05) is 39.8 Å². The maximum Gasteiger partial charge on any atom is 0.243 e. The largest absolute Gasteiger partial charge is 0.379 e. The molecule has 1 aliphatic heterocycles. The van der Waals surface area contributed by atoms with Crippen LogP contribution in [0.1, 0.15) is 39.0 Å². The van der Waals surface area contributed by atoms with E-state index in [9.17, 15) is 4.79 Å². The Morgan fingerprint density at radius 1 is 1.26 bits per heavy atom. The molecule has 0 radical (unpaired) electrons. The monoisotopic (exact) mass is 495 g/mol. The molecule has 2 atom stereocenters. The van der Waals surface area contributed by atoms with Crippen LogP contribution in [0, 0.1) is 5.92 Å². The maximum absolute atomic E-state index is 11.9. The van der Waals surface area contributed by atoms with Crippen LogP contribution in [0.5, 0.6) is 0 Å². The molecule has 0 aromatic carbocycles. The number of ether oxygens (including phenoxy) is 1. The number of nitrogens with zero attached hydrogens (tertiary/aromatic N) is 3. The van der Waals surface area contributed by atoms with Gasteiger partial charge in [-0.3, -0.25) is 9.69 Å². The molecule has 158 valence electrons. The van der Waals surface area contributed by atoms with E-state index in [2.05, 4.69) is 27.4 Å². The Morgan fingerprint density at radius 3 is 2.67 bits per heavy atom. The van der Waals surface area contributed by atoms with Crippen molar-refractivity contribution in [2.24, 2.45) is 10.9 Å². The lowest BCUT2D eigenvalue weighted by atomic mass is 9.87. The summed E-state index contributed by atoms with van der Waals surface area (Å²) in [7, 11) is 3.53. The lowest BCUT2D eigenvalue weighted by Gasteiger charge is -2.29. The van der Waals surface area contributed by atoms with Crippen molar-refractivity contribution in [3.05, 3.63) is 0 Å². The van der Waals surface area contributed by atoms with Gasteiger partial charge in [-0.2, -0.15) is 0 Å². The molecule has 2 N–H and O–H groups in total. The summed E-state index contributed by atoms with van der Waals surface area (Å²) in [5.74, 6) is 1.56. The second-order valence-corrected chi connectivity index (χ2v) is 7.80. The van der Waals surface area contributed by atoms with Crippen LogP contribution >= 0.6 is 24.0 Å². The van der Waals surface area contributed by atoms with Crippen LogP contribution in [0.15, 0.2) is 4.99 Å². The number of nitrogens with one attached hydrogen (secondary N) is 2. The van der Waals surface area contributed by atoms with Gasteiger partial charge in [0.15, 0.2) is 5.96 Å². The fourth-order valence-corrected chi connectivity index (χ4v) is 3.53. The summed E-state index contributed by atoms with van der Waals surface area (Å²) in [5.41, 5.74) is 0. The van der Waals surface area contributed by atoms with Gasteiger partial charge in [-0.15, -0.1) is 24.0 Å². The summed E-state index contributed by atoms with van der Waals surface area (Å²) < 4.78 is 5.39. The number of amides is 1. The van der Waals surface area contributed by atoms with Crippen molar-refractivity contribution in [2.45, 2.75) is 45.1 Å². The Morgan fingerprint density at radius 2 is 2.00 bits per heavy atom. The summed E-state index contributed by atoms with van der Waals surface area (Å²) in [5, 5.41) is 6.98. The highest BCUT2D eigenvalue weighted by molar-refractivity contribution is 14.0. The van der Waals surface area contributed by atoms with Gasteiger partial charge >= 0.3 is 0 Å². The number of rotatable bonds is 7.